The Morgan fingerprint density at radius 1 is 1.17 bits per heavy atom. The summed E-state index contributed by atoms with van der Waals surface area (Å²) in [5, 5.41) is 13.6. The first-order chi connectivity index (χ1) is 16.9. The van der Waals surface area contributed by atoms with Gasteiger partial charge >= 0.3 is 6.03 Å². The summed E-state index contributed by atoms with van der Waals surface area (Å²) in [5.41, 5.74) is 4.20. The molecular weight excluding hydrogens is 449 g/mol. The molecular formula is C25H24FN7O2. The molecule has 0 saturated heterocycles. The molecule has 0 atom stereocenters. The number of hydrogen-bond donors (Lipinski definition) is 4. The topological polar surface area (TPSA) is 128 Å². The first kappa shape index (κ1) is 22.5. The number of aryl methyl sites for hydroxylation is 1. The van der Waals surface area contributed by atoms with Gasteiger partial charge in [0.1, 0.15) is 5.82 Å². The number of anilines is 1. The third kappa shape index (κ3) is 4.30. The van der Waals surface area contributed by atoms with Crippen LogP contribution in [0, 0.1) is 12.7 Å². The lowest BCUT2D eigenvalue weighted by atomic mass is 9.97. The van der Waals surface area contributed by atoms with Crippen molar-refractivity contribution >= 4 is 35.3 Å². The molecule has 5 rings (SSSR count). The van der Waals surface area contributed by atoms with Gasteiger partial charge in [0.25, 0.3) is 5.56 Å². The number of rotatable bonds is 5. The van der Waals surface area contributed by atoms with Crippen LogP contribution in [0.25, 0.3) is 34.4 Å². The average Bonchev–Trinajstić information content (AvgIpc) is 3.26. The predicted molar refractivity (Wildman–Crippen MR) is 132 cm³/mol. The lowest BCUT2D eigenvalue weighted by Crippen LogP contribution is -2.45. The second-order valence-electron chi connectivity index (χ2n) is 8.37. The number of amides is 2. The fraction of sp³-hybridized carbons (Fsp3) is 0.240. The highest BCUT2D eigenvalue weighted by atomic mass is 19.1. The number of urea groups is 1. The number of aromatic amines is 2. The molecule has 4 aromatic rings. The van der Waals surface area contributed by atoms with Crippen molar-refractivity contribution in [3.05, 3.63) is 67.8 Å². The molecule has 3 heterocycles. The molecule has 2 amide bonds. The largest absolute Gasteiger partial charge is 0.338 e. The third-order valence-electron chi connectivity index (χ3n) is 6.04. The predicted octanol–water partition coefficient (Wildman–Crippen LogP) is 2.24. The molecule has 0 fully saturated rings. The van der Waals surface area contributed by atoms with Crippen LogP contribution in [-0.2, 0) is 6.42 Å². The molecule has 1 aromatic carbocycles. The van der Waals surface area contributed by atoms with E-state index in [0.717, 1.165) is 34.9 Å². The first-order valence-corrected chi connectivity index (χ1v) is 11.4. The van der Waals surface area contributed by atoms with Gasteiger partial charge in [-0.2, -0.15) is 10.1 Å². The van der Waals surface area contributed by atoms with E-state index in [1.807, 2.05) is 26.0 Å². The van der Waals surface area contributed by atoms with Gasteiger partial charge in [0.2, 0.25) is 5.95 Å². The van der Waals surface area contributed by atoms with Gasteiger partial charge in [0, 0.05) is 40.7 Å². The SMILES string of the molecule is CCNC(=O)Nc1nc2ncc(-c3cc(Cc4n[nH]c(=O)c5c4=CCCC=5)ccc3F)c(C)c2[nH]1. The van der Waals surface area contributed by atoms with Crippen LogP contribution in [0.1, 0.15) is 36.6 Å². The standard InChI is InChI=1S/C25H24FN7O2/c1-3-27-25(35)31-24-29-21-13(2)18(12-28-22(21)30-24)17-10-14(8-9-19(17)26)11-20-15-6-4-5-7-16(15)23(34)33-32-20/h6-10,12H,3-5,11H2,1-2H3,(H,33,34)(H3,27,28,29,30,31,35). The van der Waals surface area contributed by atoms with Crippen LogP contribution in [0.5, 0.6) is 0 Å². The molecule has 3 aromatic heterocycles. The molecule has 1 aliphatic carbocycles. The van der Waals surface area contributed by atoms with Crippen molar-refractivity contribution < 1.29 is 9.18 Å². The lowest BCUT2D eigenvalue weighted by molar-refractivity contribution is 0.252. The first-order valence-electron chi connectivity index (χ1n) is 11.4. The maximum absolute atomic E-state index is 15.0. The van der Waals surface area contributed by atoms with E-state index < -0.39 is 0 Å². The molecule has 9 nitrogen and oxygen atoms in total. The summed E-state index contributed by atoms with van der Waals surface area (Å²) in [6.07, 6.45) is 7.66. The normalized spacial score (nSPS) is 12.5. The lowest BCUT2D eigenvalue weighted by Gasteiger charge is -2.11. The van der Waals surface area contributed by atoms with Crippen LogP contribution in [0.2, 0.25) is 0 Å². The molecule has 0 radical (unpaired) electrons. The monoisotopic (exact) mass is 473 g/mol. The van der Waals surface area contributed by atoms with E-state index in [0.29, 0.717) is 40.5 Å². The van der Waals surface area contributed by atoms with E-state index in [-0.39, 0.29) is 23.4 Å². The van der Waals surface area contributed by atoms with Gasteiger partial charge in [-0.15, -0.1) is 0 Å². The Kier molecular flexibility index (Phi) is 5.86. The van der Waals surface area contributed by atoms with Crippen molar-refractivity contribution in [2.24, 2.45) is 0 Å². The second-order valence-corrected chi connectivity index (χ2v) is 8.37. The Bertz CT molecular complexity index is 1640. The van der Waals surface area contributed by atoms with Crippen molar-refractivity contribution in [3.63, 3.8) is 0 Å². The minimum absolute atomic E-state index is 0.199. The number of nitrogens with one attached hydrogen (secondary N) is 4. The minimum Gasteiger partial charge on any atom is -0.338 e. The highest BCUT2D eigenvalue weighted by Crippen LogP contribution is 2.30. The number of aromatic nitrogens is 5. The van der Waals surface area contributed by atoms with E-state index in [1.54, 1.807) is 18.3 Å². The van der Waals surface area contributed by atoms with Crippen molar-refractivity contribution in [1.29, 1.82) is 0 Å². The zero-order valence-electron chi connectivity index (χ0n) is 19.3. The highest BCUT2D eigenvalue weighted by Gasteiger charge is 2.16. The molecule has 0 saturated carbocycles. The Morgan fingerprint density at radius 3 is 2.77 bits per heavy atom. The van der Waals surface area contributed by atoms with Gasteiger partial charge in [-0.3, -0.25) is 10.1 Å². The summed E-state index contributed by atoms with van der Waals surface area (Å²) < 4.78 is 15.0. The maximum atomic E-state index is 15.0. The maximum Gasteiger partial charge on any atom is 0.321 e. The number of carbonyl (C=O) groups excluding carboxylic acids is 1. The number of carbonyl (C=O) groups is 1. The summed E-state index contributed by atoms with van der Waals surface area (Å²) >= 11 is 0. The van der Waals surface area contributed by atoms with Gasteiger partial charge in [-0.05, 0) is 49.9 Å². The van der Waals surface area contributed by atoms with Gasteiger partial charge in [-0.25, -0.2) is 19.3 Å². The van der Waals surface area contributed by atoms with Crippen LogP contribution in [0.15, 0.2) is 29.2 Å². The molecule has 0 bridgehead atoms. The number of fused-ring (bicyclic) bond motifs is 2. The minimum atomic E-state index is -0.380. The van der Waals surface area contributed by atoms with Crippen molar-refractivity contribution in [2.75, 3.05) is 11.9 Å². The second kappa shape index (κ2) is 9.13. The Morgan fingerprint density at radius 2 is 1.97 bits per heavy atom. The molecule has 35 heavy (non-hydrogen) atoms. The highest BCUT2D eigenvalue weighted by molar-refractivity contribution is 5.91. The number of pyridine rings is 1. The summed E-state index contributed by atoms with van der Waals surface area (Å²) in [7, 11) is 0. The third-order valence-corrected chi connectivity index (χ3v) is 6.04. The summed E-state index contributed by atoms with van der Waals surface area (Å²) in [6, 6.07) is 4.55. The number of nitrogens with zero attached hydrogens (tertiary/aromatic N) is 3. The van der Waals surface area contributed by atoms with Crippen molar-refractivity contribution in [3.8, 4) is 11.1 Å². The van der Waals surface area contributed by atoms with Crippen molar-refractivity contribution in [2.45, 2.75) is 33.1 Å². The summed E-state index contributed by atoms with van der Waals surface area (Å²) in [6.45, 7) is 4.15. The Hall–Kier alpha value is -4.34. The van der Waals surface area contributed by atoms with Crippen molar-refractivity contribution in [1.82, 2.24) is 30.5 Å². The zero-order chi connectivity index (χ0) is 24.5. The van der Waals surface area contributed by atoms with Crippen LogP contribution in [0.4, 0.5) is 15.1 Å². The van der Waals surface area contributed by atoms with Gasteiger partial charge in [0.15, 0.2) is 5.65 Å². The number of benzene rings is 1. The van der Waals surface area contributed by atoms with Gasteiger partial charge < -0.3 is 10.3 Å². The van der Waals surface area contributed by atoms with E-state index in [9.17, 15) is 14.0 Å². The smallest absolute Gasteiger partial charge is 0.321 e. The zero-order valence-corrected chi connectivity index (χ0v) is 19.3. The number of hydrogen-bond acceptors (Lipinski definition) is 5. The van der Waals surface area contributed by atoms with Crippen LogP contribution >= 0.6 is 0 Å². The van der Waals surface area contributed by atoms with E-state index in [2.05, 4.69) is 35.8 Å². The molecule has 178 valence electrons. The summed E-state index contributed by atoms with van der Waals surface area (Å²) in [4.78, 5) is 35.7. The quantitative estimate of drug-likeness (QED) is 0.353. The van der Waals surface area contributed by atoms with E-state index in [4.69, 9.17) is 0 Å². The van der Waals surface area contributed by atoms with Crippen LogP contribution in [0.3, 0.4) is 0 Å². The van der Waals surface area contributed by atoms with E-state index >= 15 is 0 Å². The Labute approximate surface area is 199 Å². The van der Waals surface area contributed by atoms with Gasteiger partial charge in [-0.1, -0.05) is 18.2 Å². The molecule has 0 spiro atoms. The fourth-order valence-electron chi connectivity index (χ4n) is 4.34. The Balaban J connectivity index is 1.52. The van der Waals surface area contributed by atoms with Crippen LogP contribution in [-0.4, -0.2) is 37.7 Å². The summed E-state index contributed by atoms with van der Waals surface area (Å²) in [5.74, 6) is -0.121. The average molecular weight is 474 g/mol. The number of halogens is 1. The number of imidazole rings is 1. The molecule has 4 N–H and O–H groups in total. The molecule has 0 aliphatic heterocycles. The van der Waals surface area contributed by atoms with Crippen LogP contribution < -0.4 is 26.6 Å². The van der Waals surface area contributed by atoms with E-state index in [1.165, 1.54) is 6.07 Å². The van der Waals surface area contributed by atoms with Gasteiger partial charge in [0.05, 0.1) is 11.2 Å². The number of H-pyrrole nitrogens is 2. The molecule has 10 heteroatoms. The fourth-order valence-corrected chi connectivity index (χ4v) is 4.34. The molecule has 1 aliphatic rings. The molecule has 0 unspecified atom stereocenters.